The van der Waals surface area contributed by atoms with Crippen LogP contribution >= 0.6 is 31.4 Å². The Labute approximate surface area is 91.6 Å². The third kappa shape index (κ3) is 4.05. The maximum absolute atomic E-state index is 8.36. The second-order valence-electron chi connectivity index (χ2n) is 1.52. The number of hydrogen-bond acceptors (Lipinski definition) is 1. The normalized spacial score (nSPS) is 7.55. The molecule has 0 aliphatic rings. The summed E-state index contributed by atoms with van der Waals surface area (Å²) in [7, 11) is 0. The summed E-state index contributed by atoms with van der Waals surface area (Å²) in [5.74, 6) is 0. The van der Waals surface area contributed by atoms with Crippen LogP contribution in [0.2, 0.25) is 5.02 Å². The minimum atomic E-state index is 0.471. The average molecular weight is 329 g/mol. The molecular weight excluding hydrogens is 326 g/mol. The van der Waals surface area contributed by atoms with Gasteiger partial charge in [0.1, 0.15) is 0 Å². The van der Waals surface area contributed by atoms with Crippen molar-refractivity contribution >= 4 is 31.4 Å². The van der Waals surface area contributed by atoms with Gasteiger partial charge in [0.15, 0.2) is 0 Å². The van der Waals surface area contributed by atoms with Crippen LogP contribution in [0.3, 0.4) is 0 Å². The second-order valence-corrected chi connectivity index (χ2v) is 1.92. The quantitative estimate of drug-likeness (QED) is 0.408. The fraction of sp³-hybridized carbons (Fsp3) is 0. The Morgan fingerprint density at radius 2 is 2.27 bits per heavy atom. The van der Waals surface area contributed by atoms with Crippen molar-refractivity contribution in [3.05, 3.63) is 34.9 Å². The molecule has 0 amide bonds. The van der Waals surface area contributed by atoms with Crippen LogP contribution in [0.5, 0.6) is 0 Å². The molecule has 0 unspecified atom stereocenters. The molecule has 1 nitrogen and oxygen atoms in total. The summed E-state index contributed by atoms with van der Waals surface area (Å²) in [6.45, 7) is 0. The molecule has 0 aliphatic heterocycles. The number of halogens is 2. The molecule has 0 heterocycles. The fourth-order valence-corrected chi connectivity index (χ4v) is 0.657. The van der Waals surface area contributed by atoms with E-state index in [1.807, 2.05) is 6.07 Å². The van der Waals surface area contributed by atoms with Gasteiger partial charge in [-0.3, -0.25) is 0 Å². The van der Waals surface area contributed by atoms with Gasteiger partial charge in [-0.05, 0) is 5.56 Å². The van der Waals surface area contributed by atoms with Gasteiger partial charge in [-0.15, -0.1) is 11.6 Å². The van der Waals surface area contributed by atoms with Crippen LogP contribution in [-0.4, -0.2) is 0 Å². The van der Waals surface area contributed by atoms with Gasteiger partial charge in [-0.25, -0.2) is 5.26 Å². The topological polar surface area (TPSA) is 23.8 Å². The summed E-state index contributed by atoms with van der Waals surface area (Å²) < 4.78 is 0. The van der Waals surface area contributed by atoms with Crippen LogP contribution in [0.15, 0.2) is 18.2 Å². The van der Waals surface area contributed by atoms with Crippen molar-refractivity contribution in [3.63, 3.8) is 0 Å². The van der Waals surface area contributed by atoms with Gasteiger partial charge in [0, 0.05) is 6.07 Å². The van der Waals surface area contributed by atoms with Crippen molar-refractivity contribution in [2.24, 2.45) is 0 Å². The first-order valence-electron chi connectivity index (χ1n) is 2.67. The second kappa shape index (κ2) is 7.03. The number of nitriles is 1. The van der Waals surface area contributed by atoms with E-state index in [-0.39, 0.29) is 0 Å². The van der Waals surface area contributed by atoms with Crippen molar-refractivity contribution in [2.75, 3.05) is 0 Å². The zero-order valence-corrected chi connectivity index (χ0v) is 11.5. The van der Waals surface area contributed by atoms with Gasteiger partial charge >= 0.3 is 34.5 Å². The van der Waals surface area contributed by atoms with E-state index in [1.54, 1.807) is 18.2 Å². The molecular formula is C7H3ClINZn. The molecule has 1 aromatic rings. The first-order valence-corrected chi connectivity index (χ1v) is 12.1. The van der Waals surface area contributed by atoms with Crippen molar-refractivity contribution < 1.29 is 14.8 Å². The third-order valence-electron chi connectivity index (χ3n) is 0.931. The molecule has 0 fully saturated rings. The molecule has 0 bridgehead atoms. The third-order valence-corrected chi connectivity index (χ3v) is 1.26. The molecule has 52 valence electrons. The minimum absolute atomic E-state index is 0.471. The standard InChI is InChI=1S/C7H3ClN.HI.Zn/c8-7-4-2-1-3-6(7)5-9;;/h2-4H;1H;/q-1;;+2/p-1. The number of benzene rings is 1. The SMILES string of the molecule is N#Cc1c[c-]ccc1Cl.[Zn+][I]. The average Bonchev–Trinajstić information content (AvgIpc) is 2.09. The first-order chi connectivity index (χ1) is 5.34. The Kier molecular flexibility index (Phi) is 7.25. The molecule has 0 aliphatic carbocycles. The molecule has 0 N–H and O–H groups in total. The van der Waals surface area contributed by atoms with E-state index in [2.05, 4.69) is 25.8 Å². The van der Waals surface area contributed by atoms with Crippen molar-refractivity contribution in [2.45, 2.75) is 0 Å². The summed E-state index contributed by atoms with van der Waals surface area (Å²) in [5, 5.41) is 8.85. The van der Waals surface area contributed by atoms with E-state index in [0.29, 0.717) is 10.6 Å². The maximum atomic E-state index is 8.36. The molecule has 11 heavy (non-hydrogen) atoms. The number of rotatable bonds is 0. The zero-order chi connectivity index (χ0) is 8.69. The predicted molar refractivity (Wildman–Crippen MR) is 49.0 cm³/mol. The summed E-state index contributed by atoms with van der Waals surface area (Å²) >= 11 is 9.20. The van der Waals surface area contributed by atoms with Gasteiger partial charge in [0.05, 0.1) is 0 Å². The van der Waals surface area contributed by atoms with Gasteiger partial charge in [-0.2, -0.15) is 24.3 Å². The van der Waals surface area contributed by atoms with E-state index < -0.39 is 0 Å². The molecule has 4 heteroatoms. The Morgan fingerprint density at radius 3 is 2.64 bits per heavy atom. The van der Waals surface area contributed by atoms with E-state index in [4.69, 9.17) is 16.9 Å². The van der Waals surface area contributed by atoms with Crippen LogP contribution < -0.4 is 0 Å². The summed E-state index contributed by atoms with van der Waals surface area (Å²) in [5.41, 5.74) is 0.471. The van der Waals surface area contributed by atoms with Crippen molar-refractivity contribution in [1.82, 2.24) is 0 Å². The molecule has 1 rings (SSSR count). The van der Waals surface area contributed by atoms with Gasteiger partial charge in [0.2, 0.25) is 0 Å². The van der Waals surface area contributed by atoms with E-state index in [0.717, 1.165) is 0 Å². The number of hydrogen-bond donors (Lipinski definition) is 0. The van der Waals surface area contributed by atoms with Crippen molar-refractivity contribution in [1.29, 1.82) is 5.26 Å². The van der Waals surface area contributed by atoms with E-state index in [9.17, 15) is 0 Å². The van der Waals surface area contributed by atoms with E-state index >= 15 is 0 Å². The Bertz CT molecular complexity index is 259. The van der Waals surface area contributed by atoms with Gasteiger partial charge < -0.3 is 0 Å². The Hall–Kier alpha value is 0.353. The van der Waals surface area contributed by atoms with E-state index in [1.165, 1.54) is 14.8 Å². The summed E-state index contributed by atoms with van der Waals surface area (Å²) in [6, 6.07) is 9.54. The molecule has 1 aromatic carbocycles. The van der Waals surface area contributed by atoms with Gasteiger partial charge in [0.25, 0.3) is 0 Å². The molecule has 0 spiro atoms. The predicted octanol–water partition coefficient (Wildman–Crippen LogP) is 2.90. The number of nitrogens with zero attached hydrogens (tertiary/aromatic N) is 1. The monoisotopic (exact) mass is 327 g/mol. The van der Waals surface area contributed by atoms with Crippen LogP contribution in [0.1, 0.15) is 5.56 Å². The van der Waals surface area contributed by atoms with Crippen molar-refractivity contribution in [3.8, 4) is 6.07 Å². The molecule has 0 saturated carbocycles. The Morgan fingerprint density at radius 1 is 1.64 bits per heavy atom. The molecule has 0 aromatic heterocycles. The fourth-order valence-electron chi connectivity index (χ4n) is 0.497. The first kappa shape index (κ1) is 11.4. The molecule has 0 radical (unpaired) electrons. The van der Waals surface area contributed by atoms with Crippen LogP contribution in [-0.2, 0) is 14.8 Å². The summed E-state index contributed by atoms with van der Waals surface area (Å²) in [6.07, 6.45) is 0. The van der Waals surface area contributed by atoms with Crippen LogP contribution in [0.4, 0.5) is 0 Å². The van der Waals surface area contributed by atoms with Crippen LogP contribution in [0, 0.1) is 17.4 Å². The van der Waals surface area contributed by atoms with Crippen LogP contribution in [0.25, 0.3) is 0 Å². The Balaban J connectivity index is 0.000000461. The molecule has 0 saturated heterocycles. The van der Waals surface area contributed by atoms with Gasteiger partial charge in [-0.1, -0.05) is 5.02 Å². The molecule has 0 atom stereocenters. The summed E-state index contributed by atoms with van der Waals surface area (Å²) in [4.78, 5) is 0. The zero-order valence-electron chi connectivity index (χ0n) is 5.64.